The summed E-state index contributed by atoms with van der Waals surface area (Å²) in [5, 5.41) is 17.9. The number of rotatable bonds is 5. The van der Waals surface area contributed by atoms with Gasteiger partial charge in [-0.15, -0.1) is 11.8 Å². The van der Waals surface area contributed by atoms with Crippen molar-refractivity contribution < 1.29 is 15.0 Å². The van der Waals surface area contributed by atoms with Crippen LogP contribution in [0.5, 0.6) is 0 Å². The van der Waals surface area contributed by atoms with Gasteiger partial charge in [0.05, 0.1) is 5.56 Å². The van der Waals surface area contributed by atoms with Gasteiger partial charge >= 0.3 is 5.97 Å². The Hall–Kier alpha value is -1.07. The Bertz CT molecular complexity index is 317. The summed E-state index contributed by atoms with van der Waals surface area (Å²) in [4.78, 5) is 14.7. The quantitative estimate of drug-likeness (QED) is 0.569. The first kappa shape index (κ1) is 11.0. The molecule has 76 valence electrons. The number of hydrogen-bond acceptors (Lipinski definition) is 4. The number of aromatic nitrogens is 1. The molecular weight excluding hydrogens is 202 g/mol. The third kappa shape index (κ3) is 3.01. The molecular formula is C9H11NO3S. The summed E-state index contributed by atoms with van der Waals surface area (Å²) in [6.07, 6.45) is 2.20. The van der Waals surface area contributed by atoms with Crippen LogP contribution in [0, 0.1) is 0 Å². The predicted octanol–water partition coefficient (Wildman–Crippen LogP) is 1.25. The van der Waals surface area contributed by atoms with Gasteiger partial charge in [0.1, 0.15) is 5.03 Å². The lowest BCUT2D eigenvalue weighted by atomic mass is 10.3. The van der Waals surface area contributed by atoms with Gasteiger partial charge in [-0.2, -0.15) is 0 Å². The summed E-state index contributed by atoms with van der Waals surface area (Å²) in [6, 6.07) is 3.12. The summed E-state index contributed by atoms with van der Waals surface area (Å²) >= 11 is 1.35. The molecule has 1 aromatic heterocycles. The third-order valence-electron chi connectivity index (χ3n) is 1.54. The van der Waals surface area contributed by atoms with Crippen molar-refractivity contribution in [2.45, 2.75) is 11.4 Å². The van der Waals surface area contributed by atoms with E-state index < -0.39 is 5.97 Å². The molecule has 0 atom stereocenters. The first-order valence-corrected chi connectivity index (χ1v) is 5.16. The normalized spacial score (nSPS) is 10.1. The van der Waals surface area contributed by atoms with E-state index in [-0.39, 0.29) is 12.2 Å². The SMILES string of the molecule is O=C(O)c1cccnc1SCCCO. The van der Waals surface area contributed by atoms with Crippen LogP contribution in [0.15, 0.2) is 23.4 Å². The zero-order chi connectivity index (χ0) is 10.4. The lowest BCUT2D eigenvalue weighted by Gasteiger charge is -2.02. The molecule has 0 fully saturated rings. The van der Waals surface area contributed by atoms with Crippen molar-refractivity contribution in [3.63, 3.8) is 0 Å². The molecule has 0 aliphatic rings. The number of pyridine rings is 1. The molecule has 0 amide bonds. The molecule has 1 rings (SSSR count). The maximum atomic E-state index is 10.8. The van der Waals surface area contributed by atoms with Gasteiger partial charge in [-0.1, -0.05) is 0 Å². The predicted molar refractivity (Wildman–Crippen MR) is 53.6 cm³/mol. The number of nitrogens with zero attached hydrogens (tertiary/aromatic N) is 1. The maximum absolute atomic E-state index is 10.8. The van der Waals surface area contributed by atoms with E-state index in [1.165, 1.54) is 17.8 Å². The number of aliphatic hydroxyl groups is 1. The molecule has 0 aliphatic carbocycles. The summed E-state index contributed by atoms with van der Waals surface area (Å²) in [6.45, 7) is 0.113. The van der Waals surface area contributed by atoms with Crippen LogP contribution in [-0.2, 0) is 0 Å². The van der Waals surface area contributed by atoms with Gasteiger partial charge in [-0.3, -0.25) is 0 Å². The van der Waals surface area contributed by atoms with Gasteiger partial charge in [-0.05, 0) is 18.6 Å². The Morgan fingerprint density at radius 3 is 3.00 bits per heavy atom. The molecule has 0 radical (unpaired) electrons. The number of hydrogen-bond donors (Lipinski definition) is 2. The minimum absolute atomic E-state index is 0.113. The molecule has 0 bridgehead atoms. The van der Waals surface area contributed by atoms with Crippen LogP contribution in [0.25, 0.3) is 0 Å². The fourth-order valence-electron chi connectivity index (χ4n) is 0.902. The highest BCUT2D eigenvalue weighted by atomic mass is 32.2. The zero-order valence-electron chi connectivity index (χ0n) is 7.51. The topological polar surface area (TPSA) is 70.4 Å². The van der Waals surface area contributed by atoms with Gasteiger partial charge in [0, 0.05) is 18.6 Å². The average molecular weight is 213 g/mol. The second-order valence-corrected chi connectivity index (χ2v) is 3.67. The van der Waals surface area contributed by atoms with Crippen molar-refractivity contribution in [2.24, 2.45) is 0 Å². The van der Waals surface area contributed by atoms with Crippen LogP contribution in [0.1, 0.15) is 16.8 Å². The van der Waals surface area contributed by atoms with Gasteiger partial charge in [0.15, 0.2) is 0 Å². The second-order valence-electron chi connectivity index (χ2n) is 2.59. The number of aromatic carboxylic acids is 1. The van der Waals surface area contributed by atoms with Gasteiger partial charge < -0.3 is 10.2 Å². The highest BCUT2D eigenvalue weighted by molar-refractivity contribution is 7.99. The van der Waals surface area contributed by atoms with E-state index in [9.17, 15) is 4.79 Å². The van der Waals surface area contributed by atoms with E-state index in [1.807, 2.05) is 0 Å². The molecule has 14 heavy (non-hydrogen) atoms. The monoisotopic (exact) mass is 213 g/mol. The Labute approximate surface area is 86.0 Å². The molecule has 5 heteroatoms. The molecule has 0 aromatic carbocycles. The van der Waals surface area contributed by atoms with Crippen molar-refractivity contribution in [3.8, 4) is 0 Å². The first-order valence-electron chi connectivity index (χ1n) is 4.17. The molecule has 4 nitrogen and oxygen atoms in total. The van der Waals surface area contributed by atoms with Gasteiger partial charge in [0.2, 0.25) is 0 Å². The van der Waals surface area contributed by atoms with Crippen molar-refractivity contribution in [2.75, 3.05) is 12.4 Å². The van der Waals surface area contributed by atoms with Crippen molar-refractivity contribution in [3.05, 3.63) is 23.9 Å². The summed E-state index contributed by atoms with van der Waals surface area (Å²) in [5.41, 5.74) is 0.218. The van der Waals surface area contributed by atoms with E-state index in [1.54, 1.807) is 12.3 Å². The molecule has 0 spiro atoms. The Kier molecular flexibility index (Phi) is 4.42. The Balaban J connectivity index is 2.69. The average Bonchev–Trinajstić information content (AvgIpc) is 2.19. The minimum atomic E-state index is -0.968. The summed E-state index contributed by atoms with van der Waals surface area (Å²) in [5.74, 6) is -0.294. The van der Waals surface area contributed by atoms with Crippen LogP contribution in [0.3, 0.4) is 0 Å². The smallest absolute Gasteiger partial charge is 0.338 e. The zero-order valence-corrected chi connectivity index (χ0v) is 8.33. The molecule has 0 saturated carbocycles. The van der Waals surface area contributed by atoms with Gasteiger partial charge in [-0.25, -0.2) is 9.78 Å². The fourth-order valence-corrected chi connectivity index (χ4v) is 1.82. The van der Waals surface area contributed by atoms with Crippen LogP contribution < -0.4 is 0 Å². The van der Waals surface area contributed by atoms with E-state index in [4.69, 9.17) is 10.2 Å². The van der Waals surface area contributed by atoms with Crippen LogP contribution in [0.4, 0.5) is 0 Å². The van der Waals surface area contributed by atoms with E-state index in [0.29, 0.717) is 17.2 Å². The molecule has 0 saturated heterocycles. The van der Waals surface area contributed by atoms with E-state index >= 15 is 0 Å². The number of carboxylic acid groups (broad SMARTS) is 1. The van der Waals surface area contributed by atoms with Crippen molar-refractivity contribution in [1.29, 1.82) is 0 Å². The number of carbonyl (C=O) groups is 1. The largest absolute Gasteiger partial charge is 0.478 e. The second kappa shape index (κ2) is 5.62. The Morgan fingerprint density at radius 2 is 2.36 bits per heavy atom. The van der Waals surface area contributed by atoms with E-state index in [2.05, 4.69) is 4.98 Å². The first-order chi connectivity index (χ1) is 6.75. The lowest BCUT2D eigenvalue weighted by molar-refractivity contribution is 0.0692. The standard InChI is InChI=1S/C9H11NO3S/c11-5-2-6-14-8-7(9(12)13)3-1-4-10-8/h1,3-4,11H,2,5-6H2,(H,12,13). The molecule has 2 N–H and O–H groups in total. The fraction of sp³-hybridized carbons (Fsp3) is 0.333. The number of carboxylic acids is 1. The van der Waals surface area contributed by atoms with E-state index in [0.717, 1.165) is 0 Å². The third-order valence-corrected chi connectivity index (χ3v) is 2.63. The van der Waals surface area contributed by atoms with Crippen molar-refractivity contribution >= 4 is 17.7 Å². The van der Waals surface area contributed by atoms with Crippen LogP contribution >= 0.6 is 11.8 Å². The minimum Gasteiger partial charge on any atom is -0.478 e. The highest BCUT2D eigenvalue weighted by Crippen LogP contribution is 2.20. The lowest BCUT2D eigenvalue weighted by Crippen LogP contribution is -2.00. The van der Waals surface area contributed by atoms with Gasteiger partial charge in [0.25, 0.3) is 0 Å². The molecule has 1 aromatic rings. The molecule has 0 unspecified atom stereocenters. The number of aliphatic hydroxyl groups excluding tert-OH is 1. The summed E-state index contributed by atoms with van der Waals surface area (Å²) < 4.78 is 0. The number of thioether (sulfide) groups is 1. The van der Waals surface area contributed by atoms with Crippen LogP contribution in [-0.4, -0.2) is 33.5 Å². The van der Waals surface area contributed by atoms with Crippen LogP contribution in [0.2, 0.25) is 0 Å². The highest BCUT2D eigenvalue weighted by Gasteiger charge is 2.09. The maximum Gasteiger partial charge on any atom is 0.338 e. The molecule has 0 aliphatic heterocycles. The summed E-state index contributed by atoms with van der Waals surface area (Å²) in [7, 11) is 0. The van der Waals surface area contributed by atoms with Crippen molar-refractivity contribution in [1.82, 2.24) is 4.98 Å². The molecule has 1 heterocycles. The Morgan fingerprint density at radius 1 is 1.57 bits per heavy atom.